The van der Waals surface area contributed by atoms with Crippen LogP contribution in [0.3, 0.4) is 0 Å². The van der Waals surface area contributed by atoms with Crippen LogP contribution >= 0.6 is 22.7 Å². The molecule has 1 N–H and O–H groups in total. The Hall–Kier alpha value is -2.29. The Labute approximate surface area is 166 Å². The van der Waals surface area contributed by atoms with Crippen molar-refractivity contribution in [2.45, 2.75) is 6.92 Å². The fraction of sp³-hybridized carbons (Fsp3) is 0.316. The first kappa shape index (κ1) is 18.1. The summed E-state index contributed by atoms with van der Waals surface area (Å²) >= 11 is 3.04. The number of hydrogen-bond donors (Lipinski definition) is 1. The highest BCUT2D eigenvalue weighted by atomic mass is 32.1. The minimum Gasteiger partial charge on any atom is -0.368 e. The quantitative estimate of drug-likeness (QED) is 0.727. The smallest absolute Gasteiger partial charge is 0.268 e. The van der Waals surface area contributed by atoms with Gasteiger partial charge in [0.1, 0.15) is 15.7 Å². The van der Waals surface area contributed by atoms with Crippen LogP contribution in [0.15, 0.2) is 35.2 Å². The van der Waals surface area contributed by atoms with Crippen molar-refractivity contribution in [1.29, 1.82) is 0 Å². The summed E-state index contributed by atoms with van der Waals surface area (Å²) in [5.74, 6) is 0.397. The van der Waals surface area contributed by atoms with Crippen LogP contribution in [0.5, 0.6) is 0 Å². The molecular formula is C19H21N5OS2. The van der Waals surface area contributed by atoms with Crippen molar-refractivity contribution in [1.82, 2.24) is 14.9 Å². The van der Waals surface area contributed by atoms with E-state index in [1.807, 2.05) is 42.1 Å². The van der Waals surface area contributed by atoms with Crippen molar-refractivity contribution in [2.75, 3.05) is 43.4 Å². The van der Waals surface area contributed by atoms with Gasteiger partial charge >= 0.3 is 0 Å². The van der Waals surface area contributed by atoms with Gasteiger partial charge < -0.3 is 15.1 Å². The van der Waals surface area contributed by atoms with E-state index in [9.17, 15) is 4.79 Å². The zero-order valence-corrected chi connectivity index (χ0v) is 16.9. The Bertz CT molecular complexity index is 912. The van der Waals surface area contributed by atoms with E-state index in [2.05, 4.69) is 32.1 Å². The van der Waals surface area contributed by atoms with Crippen molar-refractivity contribution in [2.24, 2.45) is 0 Å². The molecular weight excluding hydrogens is 378 g/mol. The van der Waals surface area contributed by atoms with Gasteiger partial charge in [-0.15, -0.1) is 11.3 Å². The molecule has 1 saturated heterocycles. The molecule has 4 rings (SSSR count). The van der Waals surface area contributed by atoms with E-state index in [1.165, 1.54) is 11.3 Å². The molecule has 4 heterocycles. The van der Waals surface area contributed by atoms with Gasteiger partial charge in [-0.1, -0.05) is 0 Å². The topological polar surface area (TPSA) is 61.4 Å². The van der Waals surface area contributed by atoms with Crippen LogP contribution in [0, 0.1) is 6.92 Å². The van der Waals surface area contributed by atoms with Crippen LogP contribution in [0.2, 0.25) is 0 Å². The Morgan fingerprint density at radius 2 is 2.00 bits per heavy atom. The zero-order valence-electron chi connectivity index (χ0n) is 15.3. The highest BCUT2D eigenvalue weighted by Crippen LogP contribution is 2.29. The number of thiazole rings is 1. The first-order valence-corrected chi connectivity index (χ1v) is 10.6. The molecule has 0 aromatic carbocycles. The Morgan fingerprint density at radius 1 is 1.19 bits per heavy atom. The molecule has 0 bridgehead atoms. The van der Waals surface area contributed by atoms with Crippen LogP contribution < -0.4 is 10.2 Å². The molecule has 1 amide bonds. The first-order chi connectivity index (χ1) is 13.1. The fourth-order valence-electron chi connectivity index (χ4n) is 3.00. The lowest BCUT2D eigenvalue weighted by atomic mass is 10.3. The monoisotopic (exact) mass is 399 g/mol. The van der Waals surface area contributed by atoms with Gasteiger partial charge in [-0.05, 0) is 37.6 Å². The molecule has 3 aromatic rings. The van der Waals surface area contributed by atoms with Gasteiger partial charge in [0.05, 0.1) is 17.6 Å². The molecule has 27 heavy (non-hydrogen) atoms. The van der Waals surface area contributed by atoms with Gasteiger partial charge in [0.2, 0.25) is 0 Å². The van der Waals surface area contributed by atoms with E-state index < -0.39 is 0 Å². The summed E-state index contributed by atoms with van der Waals surface area (Å²) in [5, 5.41) is 7.82. The van der Waals surface area contributed by atoms with E-state index in [0.29, 0.717) is 10.7 Å². The zero-order chi connectivity index (χ0) is 18.8. The molecule has 0 radical (unpaired) electrons. The van der Waals surface area contributed by atoms with Crippen molar-refractivity contribution in [3.63, 3.8) is 0 Å². The van der Waals surface area contributed by atoms with E-state index in [4.69, 9.17) is 0 Å². The number of carbonyl (C=O) groups is 1. The number of pyridine rings is 1. The normalized spacial score (nSPS) is 15.1. The Morgan fingerprint density at radius 3 is 2.67 bits per heavy atom. The second kappa shape index (κ2) is 7.75. The van der Waals surface area contributed by atoms with Gasteiger partial charge in [0, 0.05) is 37.1 Å². The lowest BCUT2D eigenvalue weighted by Gasteiger charge is -2.33. The number of amides is 1. The molecule has 1 fully saturated rings. The van der Waals surface area contributed by atoms with Crippen LogP contribution in [0.25, 0.3) is 10.6 Å². The van der Waals surface area contributed by atoms with Gasteiger partial charge in [0.15, 0.2) is 0 Å². The molecule has 6 nitrogen and oxygen atoms in total. The summed E-state index contributed by atoms with van der Waals surface area (Å²) in [5.41, 5.74) is 2.89. The van der Waals surface area contributed by atoms with Crippen molar-refractivity contribution < 1.29 is 4.79 Å². The summed E-state index contributed by atoms with van der Waals surface area (Å²) in [6.07, 6.45) is 1.83. The van der Waals surface area contributed by atoms with E-state index in [1.54, 1.807) is 11.3 Å². The predicted molar refractivity (Wildman–Crippen MR) is 112 cm³/mol. The fourth-order valence-corrected chi connectivity index (χ4v) is 4.67. The van der Waals surface area contributed by atoms with Crippen LogP contribution in [-0.2, 0) is 0 Å². The molecule has 140 valence electrons. The van der Waals surface area contributed by atoms with Crippen molar-refractivity contribution in [3.05, 3.63) is 45.7 Å². The highest BCUT2D eigenvalue weighted by Gasteiger charge is 2.18. The van der Waals surface area contributed by atoms with E-state index in [0.717, 1.165) is 48.1 Å². The number of carbonyl (C=O) groups excluding carboxylic acids is 1. The molecule has 1 aliphatic rings. The van der Waals surface area contributed by atoms with Crippen LogP contribution in [-0.4, -0.2) is 54.0 Å². The van der Waals surface area contributed by atoms with E-state index >= 15 is 0 Å². The second-order valence-corrected chi connectivity index (χ2v) is 8.37. The van der Waals surface area contributed by atoms with Crippen LogP contribution in [0.1, 0.15) is 15.4 Å². The maximum atomic E-state index is 12.6. The maximum Gasteiger partial charge on any atom is 0.268 e. The van der Waals surface area contributed by atoms with Crippen molar-refractivity contribution >= 4 is 40.1 Å². The molecule has 0 atom stereocenters. The third kappa shape index (κ3) is 4.02. The van der Waals surface area contributed by atoms with Gasteiger partial charge in [-0.25, -0.2) is 9.97 Å². The number of piperazine rings is 1. The number of rotatable bonds is 4. The third-order valence-electron chi connectivity index (χ3n) is 4.63. The van der Waals surface area contributed by atoms with E-state index in [-0.39, 0.29) is 5.91 Å². The van der Waals surface area contributed by atoms with Crippen molar-refractivity contribution in [3.8, 4) is 10.6 Å². The van der Waals surface area contributed by atoms with Gasteiger partial charge in [0.25, 0.3) is 5.91 Å². The number of nitrogens with one attached hydrogen (secondary N) is 1. The van der Waals surface area contributed by atoms with Gasteiger partial charge in [-0.3, -0.25) is 4.79 Å². The highest BCUT2D eigenvalue weighted by molar-refractivity contribution is 7.17. The summed E-state index contributed by atoms with van der Waals surface area (Å²) in [6.45, 7) is 5.96. The minimum atomic E-state index is -0.161. The number of aromatic nitrogens is 2. The number of nitrogens with zero attached hydrogens (tertiary/aromatic N) is 4. The molecule has 1 aliphatic heterocycles. The maximum absolute atomic E-state index is 12.6. The third-order valence-corrected chi connectivity index (χ3v) is 6.52. The number of aryl methyl sites for hydroxylation is 1. The lowest BCUT2D eigenvalue weighted by Crippen LogP contribution is -2.44. The molecule has 8 heteroatoms. The Balaban J connectivity index is 1.44. The SMILES string of the molecule is Cc1nc(-c2ccsc2)sc1C(=O)Nc1ccc(N2CCN(C)CC2)cn1. The minimum absolute atomic E-state index is 0.161. The molecule has 0 unspecified atom stereocenters. The number of thiophene rings is 1. The Kier molecular flexibility index (Phi) is 5.20. The van der Waals surface area contributed by atoms with Gasteiger partial charge in [-0.2, -0.15) is 11.3 Å². The standard InChI is InChI=1S/C19H21N5OS2/c1-13-17(27-19(21-13)14-5-10-26-12-14)18(25)22-16-4-3-15(11-20-16)24-8-6-23(2)7-9-24/h3-5,10-12H,6-9H2,1-2H3,(H,20,22,25). The summed E-state index contributed by atoms with van der Waals surface area (Å²) in [7, 11) is 2.14. The average molecular weight is 400 g/mol. The summed E-state index contributed by atoms with van der Waals surface area (Å²) in [6, 6.07) is 5.90. The first-order valence-electron chi connectivity index (χ1n) is 8.81. The number of likely N-dealkylation sites (N-methyl/N-ethyl adjacent to an activating group) is 1. The molecule has 3 aromatic heterocycles. The number of anilines is 2. The second-order valence-electron chi connectivity index (χ2n) is 6.59. The summed E-state index contributed by atoms with van der Waals surface area (Å²) < 4.78 is 0. The average Bonchev–Trinajstić information content (AvgIpc) is 3.33. The van der Waals surface area contributed by atoms with Crippen LogP contribution in [0.4, 0.5) is 11.5 Å². The molecule has 0 spiro atoms. The molecule has 0 aliphatic carbocycles. The largest absolute Gasteiger partial charge is 0.368 e. The molecule has 0 saturated carbocycles. The number of hydrogen-bond acceptors (Lipinski definition) is 7. The predicted octanol–water partition coefficient (Wildman–Crippen LogP) is 3.58. The lowest BCUT2D eigenvalue weighted by molar-refractivity contribution is 0.102. The summed E-state index contributed by atoms with van der Waals surface area (Å²) in [4.78, 5) is 26.9.